The van der Waals surface area contributed by atoms with Gasteiger partial charge in [-0.3, -0.25) is 4.79 Å². The molecule has 1 aliphatic rings. The second kappa shape index (κ2) is 9.42. The van der Waals surface area contributed by atoms with Gasteiger partial charge in [0.15, 0.2) is 5.78 Å². The van der Waals surface area contributed by atoms with Gasteiger partial charge in [-0.1, -0.05) is 49.1 Å². The van der Waals surface area contributed by atoms with Gasteiger partial charge < -0.3 is 9.47 Å². The molecule has 0 spiro atoms. The van der Waals surface area contributed by atoms with E-state index in [-0.39, 0.29) is 18.3 Å². The van der Waals surface area contributed by atoms with E-state index in [9.17, 15) is 9.59 Å². The van der Waals surface area contributed by atoms with E-state index in [4.69, 9.17) is 9.47 Å². The number of carbonyl (C=O) groups excluding carboxylic acids is 2. The summed E-state index contributed by atoms with van der Waals surface area (Å²) in [6, 6.07) is 9.76. The zero-order chi connectivity index (χ0) is 18.1. The summed E-state index contributed by atoms with van der Waals surface area (Å²) in [7, 11) is 0. The van der Waals surface area contributed by atoms with E-state index < -0.39 is 12.1 Å². The molecule has 25 heavy (non-hydrogen) atoms. The molecule has 1 aromatic rings. The van der Waals surface area contributed by atoms with Gasteiger partial charge in [0.2, 0.25) is 0 Å². The van der Waals surface area contributed by atoms with Crippen LogP contribution in [0, 0.1) is 0 Å². The number of hydrogen-bond acceptors (Lipinski definition) is 4. The van der Waals surface area contributed by atoms with Gasteiger partial charge in [-0.05, 0) is 11.6 Å². The van der Waals surface area contributed by atoms with Crippen molar-refractivity contribution in [3.8, 4) is 0 Å². The summed E-state index contributed by atoms with van der Waals surface area (Å²) in [6.45, 7) is 7.07. The molecule has 0 saturated carbocycles. The predicted molar refractivity (Wildman–Crippen MR) is 97.6 cm³/mol. The fraction of sp³-hybridized carbons (Fsp3) is 0.238. The molecule has 0 radical (unpaired) electrons. The number of carbonyl (C=O) groups is 2. The second-order valence-electron chi connectivity index (χ2n) is 5.72. The number of hydrogen-bond donors (Lipinski definition) is 0. The van der Waals surface area contributed by atoms with Crippen LogP contribution < -0.4 is 0 Å². The molecule has 0 aliphatic carbocycles. The maximum Gasteiger partial charge on any atom is 0.330 e. The largest absolute Gasteiger partial charge is 0.490 e. The zero-order valence-electron chi connectivity index (χ0n) is 14.1. The van der Waals surface area contributed by atoms with Crippen molar-refractivity contribution in [2.75, 3.05) is 0 Å². The molecule has 4 nitrogen and oxygen atoms in total. The molecule has 130 valence electrons. The average molecular weight is 338 g/mol. The topological polar surface area (TPSA) is 52.6 Å². The highest BCUT2D eigenvalue weighted by molar-refractivity contribution is 5.91. The van der Waals surface area contributed by atoms with E-state index in [1.165, 1.54) is 6.08 Å². The summed E-state index contributed by atoms with van der Waals surface area (Å²) in [5.74, 6) is 0.0163. The Morgan fingerprint density at radius 2 is 2.04 bits per heavy atom. The molecular formula is C21H22O4. The van der Waals surface area contributed by atoms with E-state index in [2.05, 4.69) is 13.2 Å². The fourth-order valence-electron chi connectivity index (χ4n) is 2.56. The van der Waals surface area contributed by atoms with Crippen LogP contribution in [0.4, 0.5) is 0 Å². The van der Waals surface area contributed by atoms with Gasteiger partial charge in [0, 0.05) is 31.4 Å². The van der Waals surface area contributed by atoms with Crippen molar-refractivity contribution in [2.24, 2.45) is 0 Å². The van der Waals surface area contributed by atoms with Crippen molar-refractivity contribution in [2.45, 2.75) is 31.5 Å². The minimum atomic E-state index is -0.492. The third-order valence-electron chi connectivity index (χ3n) is 3.68. The Bertz CT molecular complexity index is 685. The fourth-order valence-corrected chi connectivity index (χ4v) is 2.56. The first-order valence-electron chi connectivity index (χ1n) is 8.19. The molecule has 0 fully saturated rings. The molecule has 0 N–H and O–H groups in total. The highest BCUT2D eigenvalue weighted by Gasteiger charge is 2.25. The minimum Gasteiger partial charge on any atom is -0.490 e. The van der Waals surface area contributed by atoms with Gasteiger partial charge >= 0.3 is 5.97 Å². The lowest BCUT2D eigenvalue weighted by molar-refractivity contribution is -0.144. The van der Waals surface area contributed by atoms with Crippen molar-refractivity contribution >= 4 is 17.8 Å². The SMILES string of the molecule is C=CC[C@H](C[C@@H]1CC(=O)C=C(/C=C/c2ccccc2)O1)OC(=O)C=C. The molecule has 0 amide bonds. The number of benzene rings is 1. The van der Waals surface area contributed by atoms with Gasteiger partial charge in [-0.2, -0.15) is 0 Å². The summed E-state index contributed by atoms with van der Waals surface area (Å²) in [5.41, 5.74) is 1.02. The van der Waals surface area contributed by atoms with Gasteiger partial charge in [-0.25, -0.2) is 4.79 Å². The van der Waals surface area contributed by atoms with Crippen molar-refractivity contribution in [1.29, 1.82) is 0 Å². The molecule has 0 unspecified atom stereocenters. The molecule has 2 rings (SSSR count). The van der Waals surface area contributed by atoms with Gasteiger partial charge in [0.1, 0.15) is 18.0 Å². The number of esters is 1. The molecule has 4 heteroatoms. The van der Waals surface area contributed by atoms with Gasteiger partial charge in [0.25, 0.3) is 0 Å². The lowest BCUT2D eigenvalue weighted by atomic mass is 10.0. The number of allylic oxidation sites excluding steroid dienone is 2. The van der Waals surface area contributed by atoms with Gasteiger partial charge in [-0.15, -0.1) is 6.58 Å². The number of ether oxygens (including phenoxy) is 2. The Hall–Kier alpha value is -2.88. The summed E-state index contributed by atoms with van der Waals surface area (Å²) >= 11 is 0. The van der Waals surface area contributed by atoms with Crippen LogP contribution in [0.25, 0.3) is 6.08 Å². The van der Waals surface area contributed by atoms with Crippen LogP contribution in [0.3, 0.4) is 0 Å². The minimum absolute atomic E-state index is 0.00337. The Balaban J connectivity index is 2.01. The Morgan fingerprint density at radius 3 is 2.72 bits per heavy atom. The first-order chi connectivity index (χ1) is 12.1. The quantitative estimate of drug-likeness (QED) is 0.408. The van der Waals surface area contributed by atoms with E-state index in [0.717, 1.165) is 11.6 Å². The number of ketones is 1. The normalized spacial score (nSPS) is 18.2. The maximum atomic E-state index is 12.0. The lowest BCUT2D eigenvalue weighted by Gasteiger charge is -2.26. The monoisotopic (exact) mass is 338 g/mol. The van der Waals surface area contributed by atoms with E-state index in [0.29, 0.717) is 18.6 Å². The average Bonchev–Trinajstić information content (AvgIpc) is 2.60. The first kappa shape index (κ1) is 18.5. The Kier molecular flexibility index (Phi) is 6.96. The van der Waals surface area contributed by atoms with E-state index in [1.54, 1.807) is 12.2 Å². The van der Waals surface area contributed by atoms with Crippen molar-refractivity contribution < 1.29 is 19.1 Å². The van der Waals surface area contributed by atoms with Crippen LogP contribution in [0.2, 0.25) is 0 Å². The summed E-state index contributed by atoms with van der Waals surface area (Å²) in [6.07, 6.45) is 8.41. The van der Waals surface area contributed by atoms with E-state index in [1.807, 2.05) is 36.4 Å². The van der Waals surface area contributed by atoms with Crippen LogP contribution in [-0.2, 0) is 19.1 Å². The molecule has 0 aromatic heterocycles. The summed E-state index contributed by atoms with van der Waals surface area (Å²) < 4.78 is 11.2. The Labute approximate surface area is 148 Å². The standard InChI is InChI=1S/C21H22O4/c1-3-8-18(25-21(23)4-2)15-20-14-17(22)13-19(24-20)12-11-16-9-6-5-7-10-16/h3-7,9-13,18,20H,1-2,8,14-15H2/b12-11+/t18-,20+/m1/s1. The highest BCUT2D eigenvalue weighted by Crippen LogP contribution is 2.22. The van der Waals surface area contributed by atoms with Crippen LogP contribution in [-0.4, -0.2) is 24.0 Å². The van der Waals surface area contributed by atoms with Crippen LogP contribution in [0.15, 0.2) is 73.6 Å². The number of rotatable bonds is 8. The van der Waals surface area contributed by atoms with Crippen molar-refractivity contribution in [3.63, 3.8) is 0 Å². The molecule has 1 aromatic carbocycles. The smallest absolute Gasteiger partial charge is 0.330 e. The molecule has 0 saturated heterocycles. The highest BCUT2D eigenvalue weighted by atomic mass is 16.5. The molecule has 1 aliphatic heterocycles. The Morgan fingerprint density at radius 1 is 1.28 bits per heavy atom. The molecule has 0 bridgehead atoms. The zero-order valence-corrected chi connectivity index (χ0v) is 14.1. The third kappa shape index (κ3) is 6.26. The second-order valence-corrected chi connectivity index (χ2v) is 5.72. The lowest BCUT2D eigenvalue weighted by Crippen LogP contribution is -2.28. The van der Waals surface area contributed by atoms with Crippen molar-refractivity contribution in [1.82, 2.24) is 0 Å². The molecule has 1 heterocycles. The predicted octanol–water partition coefficient (Wildman–Crippen LogP) is 4.01. The summed E-state index contributed by atoms with van der Waals surface area (Å²) in [5, 5.41) is 0. The third-order valence-corrected chi connectivity index (χ3v) is 3.68. The van der Waals surface area contributed by atoms with Gasteiger partial charge in [0.05, 0.1) is 0 Å². The first-order valence-corrected chi connectivity index (χ1v) is 8.19. The summed E-state index contributed by atoms with van der Waals surface area (Å²) in [4.78, 5) is 23.4. The molecular weight excluding hydrogens is 316 g/mol. The van der Waals surface area contributed by atoms with Crippen LogP contribution in [0.5, 0.6) is 0 Å². The van der Waals surface area contributed by atoms with Crippen molar-refractivity contribution in [3.05, 3.63) is 79.1 Å². The van der Waals surface area contributed by atoms with Crippen LogP contribution >= 0.6 is 0 Å². The van der Waals surface area contributed by atoms with Crippen LogP contribution in [0.1, 0.15) is 24.8 Å². The van der Waals surface area contributed by atoms with E-state index >= 15 is 0 Å². The maximum absolute atomic E-state index is 12.0. The molecule has 2 atom stereocenters.